The van der Waals surface area contributed by atoms with Gasteiger partial charge in [-0.2, -0.15) is 0 Å². The van der Waals surface area contributed by atoms with Crippen molar-refractivity contribution in [1.29, 1.82) is 5.41 Å². The van der Waals surface area contributed by atoms with E-state index in [1.807, 2.05) is 26.0 Å². The molecule has 0 aliphatic heterocycles. The molecule has 98 valence electrons. The van der Waals surface area contributed by atoms with Gasteiger partial charge in [0.15, 0.2) is 0 Å². The minimum absolute atomic E-state index is 0.0405. The number of aryl methyl sites for hydroxylation is 2. The molecule has 0 atom stereocenters. The van der Waals surface area contributed by atoms with Crippen LogP contribution in [0.4, 0.5) is 0 Å². The number of nitrogen functional groups attached to an aromatic ring is 1. The molecule has 0 spiro atoms. The van der Waals surface area contributed by atoms with E-state index in [-0.39, 0.29) is 5.84 Å². The summed E-state index contributed by atoms with van der Waals surface area (Å²) in [5, 5.41) is 7.40. The molecule has 0 aliphatic rings. The first kappa shape index (κ1) is 13.6. The molecule has 0 unspecified atom stereocenters. The Bertz CT molecular complexity index is 638. The molecule has 19 heavy (non-hydrogen) atoms. The van der Waals surface area contributed by atoms with E-state index in [4.69, 9.17) is 15.9 Å². The van der Waals surface area contributed by atoms with Gasteiger partial charge in [-0.3, -0.25) is 5.41 Å². The number of nitrogens with one attached hydrogen (secondary N) is 1. The number of hydrogen-bond acceptors (Lipinski definition) is 2. The summed E-state index contributed by atoms with van der Waals surface area (Å²) < 4.78 is 6.65. The molecule has 0 saturated carbocycles. The first-order valence-electron chi connectivity index (χ1n) is 5.86. The van der Waals surface area contributed by atoms with E-state index in [9.17, 15) is 0 Å². The fourth-order valence-electron chi connectivity index (χ4n) is 1.78. The number of amidine groups is 1. The van der Waals surface area contributed by atoms with Gasteiger partial charge in [-0.1, -0.05) is 17.7 Å². The highest BCUT2D eigenvalue weighted by atomic mass is 79.9. The lowest BCUT2D eigenvalue weighted by atomic mass is 10.1. The zero-order valence-corrected chi connectivity index (χ0v) is 12.4. The van der Waals surface area contributed by atoms with Gasteiger partial charge in [-0.05, 0) is 59.6 Å². The maximum Gasteiger partial charge on any atom is 0.141 e. The molecule has 3 nitrogen and oxygen atoms in total. The SMILES string of the molecule is Cc1ccc(Oc2ccc(C(=N)N)cc2Br)c(C)c1. The van der Waals surface area contributed by atoms with Gasteiger partial charge in [0.25, 0.3) is 0 Å². The van der Waals surface area contributed by atoms with E-state index in [1.165, 1.54) is 5.56 Å². The molecule has 0 radical (unpaired) electrons. The largest absolute Gasteiger partial charge is 0.456 e. The summed E-state index contributed by atoms with van der Waals surface area (Å²) in [5.41, 5.74) is 8.40. The second-order valence-electron chi connectivity index (χ2n) is 4.43. The van der Waals surface area contributed by atoms with Crippen molar-refractivity contribution in [3.05, 3.63) is 57.6 Å². The minimum atomic E-state index is 0.0405. The molecule has 0 fully saturated rings. The highest BCUT2D eigenvalue weighted by Gasteiger charge is 2.07. The monoisotopic (exact) mass is 318 g/mol. The molecule has 2 aromatic carbocycles. The summed E-state index contributed by atoms with van der Waals surface area (Å²) in [7, 11) is 0. The molecular formula is C15H15BrN2O. The number of rotatable bonds is 3. The Kier molecular flexibility index (Phi) is 3.90. The van der Waals surface area contributed by atoms with Gasteiger partial charge < -0.3 is 10.5 Å². The number of ether oxygens (including phenoxy) is 1. The van der Waals surface area contributed by atoms with Crippen LogP contribution >= 0.6 is 15.9 Å². The van der Waals surface area contributed by atoms with Gasteiger partial charge in [0.2, 0.25) is 0 Å². The summed E-state index contributed by atoms with van der Waals surface area (Å²) in [4.78, 5) is 0. The van der Waals surface area contributed by atoms with Crippen LogP contribution < -0.4 is 10.5 Å². The van der Waals surface area contributed by atoms with E-state index in [1.54, 1.807) is 18.2 Å². The van der Waals surface area contributed by atoms with Gasteiger partial charge in [-0.25, -0.2) is 0 Å². The normalized spacial score (nSPS) is 10.3. The quantitative estimate of drug-likeness (QED) is 0.660. The predicted octanol–water partition coefficient (Wildman–Crippen LogP) is 4.14. The first-order chi connectivity index (χ1) is 8.97. The van der Waals surface area contributed by atoms with E-state index < -0.39 is 0 Å². The smallest absolute Gasteiger partial charge is 0.141 e. The summed E-state index contributed by atoms with van der Waals surface area (Å²) >= 11 is 3.43. The van der Waals surface area contributed by atoms with Gasteiger partial charge in [0.05, 0.1) is 4.47 Å². The van der Waals surface area contributed by atoms with Crippen LogP contribution in [0.1, 0.15) is 16.7 Å². The van der Waals surface area contributed by atoms with Crippen molar-refractivity contribution < 1.29 is 4.74 Å². The number of halogens is 1. The Balaban J connectivity index is 2.31. The minimum Gasteiger partial charge on any atom is -0.456 e. The van der Waals surface area contributed by atoms with Crippen molar-refractivity contribution in [3.8, 4) is 11.5 Å². The third-order valence-corrected chi connectivity index (χ3v) is 3.41. The number of benzene rings is 2. The van der Waals surface area contributed by atoms with Crippen LogP contribution in [-0.2, 0) is 0 Å². The maximum atomic E-state index is 7.40. The lowest BCUT2D eigenvalue weighted by Gasteiger charge is -2.11. The standard InChI is InChI=1S/C15H15BrN2O/c1-9-3-5-13(10(2)7-9)19-14-6-4-11(15(17)18)8-12(14)16/h3-8H,1-2H3,(H3,17,18). The number of nitrogens with two attached hydrogens (primary N) is 1. The van der Waals surface area contributed by atoms with Crippen LogP contribution in [-0.4, -0.2) is 5.84 Å². The molecule has 2 rings (SSSR count). The molecule has 0 bridgehead atoms. The third-order valence-electron chi connectivity index (χ3n) is 2.79. The lowest BCUT2D eigenvalue weighted by Crippen LogP contribution is -2.10. The van der Waals surface area contributed by atoms with Gasteiger partial charge in [-0.15, -0.1) is 0 Å². The molecule has 2 aromatic rings. The van der Waals surface area contributed by atoms with Gasteiger partial charge in [0, 0.05) is 5.56 Å². The Labute approximate surface area is 121 Å². The van der Waals surface area contributed by atoms with Crippen LogP contribution in [0.5, 0.6) is 11.5 Å². The summed E-state index contributed by atoms with van der Waals surface area (Å²) in [6, 6.07) is 11.4. The summed E-state index contributed by atoms with van der Waals surface area (Å²) in [6.07, 6.45) is 0. The van der Waals surface area contributed by atoms with E-state index in [0.29, 0.717) is 11.3 Å². The lowest BCUT2D eigenvalue weighted by molar-refractivity contribution is 0.476. The van der Waals surface area contributed by atoms with Gasteiger partial charge >= 0.3 is 0 Å². The topological polar surface area (TPSA) is 59.1 Å². The molecular weight excluding hydrogens is 304 g/mol. The van der Waals surface area contributed by atoms with Crippen molar-refractivity contribution in [1.82, 2.24) is 0 Å². The highest BCUT2D eigenvalue weighted by molar-refractivity contribution is 9.10. The zero-order chi connectivity index (χ0) is 14.0. The molecule has 4 heteroatoms. The van der Waals surface area contributed by atoms with Crippen molar-refractivity contribution in [3.63, 3.8) is 0 Å². The van der Waals surface area contributed by atoms with Crippen LogP contribution in [0.3, 0.4) is 0 Å². The van der Waals surface area contributed by atoms with E-state index in [0.717, 1.165) is 15.8 Å². The fourth-order valence-corrected chi connectivity index (χ4v) is 2.24. The summed E-state index contributed by atoms with van der Waals surface area (Å²) in [6.45, 7) is 4.06. The van der Waals surface area contributed by atoms with E-state index in [2.05, 4.69) is 22.0 Å². The van der Waals surface area contributed by atoms with Crippen LogP contribution in [0.15, 0.2) is 40.9 Å². The second kappa shape index (κ2) is 5.45. The fraction of sp³-hybridized carbons (Fsp3) is 0.133. The molecule has 0 saturated heterocycles. The molecule has 3 N–H and O–H groups in total. The van der Waals surface area contributed by atoms with Crippen molar-refractivity contribution >= 4 is 21.8 Å². The maximum absolute atomic E-state index is 7.40. The molecule has 0 heterocycles. The van der Waals surface area contributed by atoms with Crippen molar-refractivity contribution in [2.75, 3.05) is 0 Å². The Morgan fingerprint density at radius 2 is 1.79 bits per heavy atom. The highest BCUT2D eigenvalue weighted by Crippen LogP contribution is 2.32. The van der Waals surface area contributed by atoms with Crippen molar-refractivity contribution in [2.45, 2.75) is 13.8 Å². The van der Waals surface area contributed by atoms with Crippen molar-refractivity contribution in [2.24, 2.45) is 5.73 Å². The van der Waals surface area contributed by atoms with Gasteiger partial charge in [0.1, 0.15) is 17.3 Å². The number of hydrogen-bond donors (Lipinski definition) is 2. The first-order valence-corrected chi connectivity index (χ1v) is 6.65. The van der Waals surface area contributed by atoms with E-state index >= 15 is 0 Å². The van der Waals surface area contributed by atoms with Crippen LogP contribution in [0.25, 0.3) is 0 Å². The average Bonchev–Trinajstić information content (AvgIpc) is 2.34. The zero-order valence-electron chi connectivity index (χ0n) is 10.8. The Morgan fingerprint density at radius 3 is 2.37 bits per heavy atom. The molecule has 0 aromatic heterocycles. The summed E-state index contributed by atoms with van der Waals surface area (Å²) in [5.74, 6) is 1.57. The molecule has 0 amide bonds. The Morgan fingerprint density at radius 1 is 1.11 bits per heavy atom. The second-order valence-corrected chi connectivity index (χ2v) is 5.28. The Hall–Kier alpha value is -1.81. The van der Waals surface area contributed by atoms with Crippen LogP contribution in [0, 0.1) is 19.3 Å². The van der Waals surface area contributed by atoms with Crippen LogP contribution in [0.2, 0.25) is 0 Å². The average molecular weight is 319 g/mol. The molecule has 0 aliphatic carbocycles. The predicted molar refractivity (Wildman–Crippen MR) is 81.1 cm³/mol. The third kappa shape index (κ3) is 3.15.